The van der Waals surface area contributed by atoms with Crippen LogP contribution in [0.25, 0.3) is 0 Å². The first-order valence-corrected chi connectivity index (χ1v) is 10.9. The number of fused-ring (bicyclic) bond motifs is 1. The van der Waals surface area contributed by atoms with Crippen LogP contribution < -0.4 is 16.0 Å². The topological polar surface area (TPSA) is 148 Å². The highest BCUT2D eigenvalue weighted by Gasteiger charge is 2.64. The number of hydrogen-bond donors (Lipinski definition) is 4. The normalized spacial score (nSPS) is 26.6. The minimum Gasteiger partial charge on any atom is -0.480 e. The van der Waals surface area contributed by atoms with Gasteiger partial charge in [-0.15, -0.1) is 11.8 Å². The summed E-state index contributed by atoms with van der Waals surface area (Å²) in [4.78, 5) is 64.2. The van der Waals surface area contributed by atoms with Gasteiger partial charge in [0.2, 0.25) is 11.8 Å². The number of aliphatic carboxylic acids is 1. The molecule has 1 aromatic carbocycles. The smallest absolute Gasteiger partial charge is 0.327 e. The van der Waals surface area contributed by atoms with Crippen LogP contribution in [0.5, 0.6) is 0 Å². The van der Waals surface area contributed by atoms with Gasteiger partial charge in [0.25, 0.3) is 0 Å². The number of nitrogens with zero attached hydrogens (tertiary/aromatic N) is 2. The van der Waals surface area contributed by atoms with Crippen LogP contribution in [-0.2, 0) is 14.4 Å². The molecule has 6 amide bonds. The van der Waals surface area contributed by atoms with E-state index in [0.717, 1.165) is 4.90 Å². The summed E-state index contributed by atoms with van der Waals surface area (Å²) >= 11 is 1.31. The summed E-state index contributed by atoms with van der Waals surface area (Å²) in [6, 6.07) is 4.14. The number of carbonyl (C=O) groups excluding carboxylic acids is 4. The summed E-state index contributed by atoms with van der Waals surface area (Å²) < 4.78 is -0.720. The fourth-order valence-electron chi connectivity index (χ4n) is 4.19. The SMILES string of the molecule is CC1(C)S[C@H]2[C@H](NC(=O)[C@@H](NC(=O)N3CCNC3=O)c3ccccc3)C(=O)N2[C@H]1C(=O)O. The summed E-state index contributed by atoms with van der Waals surface area (Å²) in [6.45, 7) is 3.98. The maximum Gasteiger partial charge on any atom is 0.327 e. The van der Waals surface area contributed by atoms with E-state index in [1.54, 1.807) is 44.2 Å². The molecule has 11 nitrogen and oxygen atoms in total. The summed E-state index contributed by atoms with van der Waals surface area (Å²) in [5.41, 5.74) is 0.476. The largest absolute Gasteiger partial charge is 0.480 e. The third kappa shape index (κ3) is 3.64. The number of β-lactam (4-membered cyclic amide) rings is 1. The van der Waals surface area contributed by atoms with Crippen LogP contribution in [-0.4, -0.2) is 80.0 Å². The lowest BCUT2D eigenvalue weighted by Crippen LogP contribution is -2.71. The first-order valence-electron chi connectivity index (χ1n) is 10.1. The number of benzene rings is 1. The summed E-state index contributed by atoms with van der Waals surface area (Å²) in [7, 11) is 0. The Labute approximate surface area is 187 Å². The number of rotatable bonds is 5. The van der Waals surface area contributed by atoms with Crippen LogP contribution in [0.1, 0.15) is 25.5 Å². The number of imide groups is 1. The maximum atomic E-state index is 13.1. The fourth-order valence-corrected chi connectivity index (χ4v) is 5.82. The van der Waals surface area contributed by atoms with Crippen LogP contribution in [0.15, 0.2) is 30.3 Å². The summed E-state index contributed by atoms with van der Waals surface area (Å²) in [6.07, 6.45) is 0. The minimum atomic E-state index is -1.14. The molecule has 0 unspecified atom stereocenters. The fraction of sp³-hybridized carbons (Fsp3) is 0.450. The molecule has 0 radical (unpaired) electrons. The minimum absolute atomic E-state index is 0.175. The molecule has 4 N–H and O–H groups in total. The van der Waals surface area contributed by atoms with Crippen LogP contribution in [0, 0.1) is 0 Å². The standard InChI is InChI=1S/C20H23N5O6S/c1-20(2)13(17(28)29)25-15(27)12(16(25)32-20)22-14(26)11(10-6-4-3-5-7-10)23-19(31)24-9-8-21-18(24)30/h3-7,11-13,16H,8-9H2,1-2H3,(H,21,30)(H,22,26)(H,23,31)(H,28,29)/t11-,12+,13-,16-/m0/s1. The number of thioether (sulfide) groups is 1. The van der Waals surface area contributed by atoms with Gasteiger partial charge in [0.05, 0.1) is 0 Å². The van der Waals surface area contributed by atoms with Crippen molar-refractivity contribution in [2.75, 3.05) is 13.1 Å². The lowest BCUT2D eigenvalue weighted by molar-refractivity contribution is -0.161. The monoisotopic (exact) mass is 461 g/mol. The molecule has 32 heavy (non-hydrogen) atoms. The van der Waals surface area contributed by atoms with Crippen molar-refractivity contribution < 1.29 is 29.1 Å². The van der Waals surface area contributed by atoms with Crippen LogP contribution in [0.3, 0.4) is 0 Å². The average molecular weight is 462 g/mol. The molecule has 0 saturated carbocycles. The van der Waals surface area contributed by atoms with Gasteiger partial charge >= 0.3 is 18.0 Å². The van der Waals surface area contributed by atoms with Gasteiger partial charge in [0, 0.05) is 17.8 Å². The second-order valence-corrected chi connectivity index (χ2v) is 10.0. The van der Waals surface area contributed by atoms with Crippen molar-refractivity contribution in [3.8, 4) is 0 Å². The zero-order chi connectivity index (χ0) is 23.2. The highest BCUT2D eigenvalue weighted by molar-refractivity contribution is 8.01. The average Bonchev–Trinajstić information content (AvgIpc) is 3.29. The van der Waals surface area contributed by atoms with E-state index >= 15 is 0 Å². The van der Waals surface area contributed by atoms with Gasteiger partial charge in [0.15, 0.2) is 0 Å². The van der Waals surface area contributed by atoms with Crippen LogP contribution >= 0.6 is 11.8 Å². The third-order valence-electron chi connectivity index (χ3n) is 5.74. The molecule has 0 bridgehead atoms. The molecular formula is C20H23N5O6S. The first kappa shape index (κ1) is 21.9. The van der Waals surface area contributed by atoms with E-state index in [-0.39, 0.29) is 6.54 Å². The van der Waals surface area contributed by atoms with Gasteiger partial charge in [-0.2, -0.15) is 0 Å². The maximum absolute atomic E-state index is 13.1. The highest BCUT2D eigenvalue weighted by Crippen LogP contribution is 2.50. The Hall–Kier alpha value is -3.28. The molecule has 0 aliphatic carbocycles. The number of amides is 6. The van der Waals surface area contributed by atoms with Crippen molar-refractivity contribution in [3.05, 3.63) is 35.9 Å². The zero-order valence-corrected chi connectivity index (χ0v) is 18.2. The van der Waals surface area contributed by atoms with Gasteiger partial charge in [0.1, 0.15) is 23.5 Å². The van der Waals surface area contributed by atoms with Crippen molar-refractivity contribution in [3.63, 3.8) is 0 Å². The van der Waals surface area contributed by atoms with Gasteiger partial charge in [-0.25, -0.2) is 19.3 Å². The molecule has 0 aromatic heterocycles. The molecule has 4 atom stereocenters. The Balaban J connectivity index is 1.51. The molecule has 12 heteroatoms. The molecule has 3 heterocycles. The number of urea groups is 2. The predicted octanol–water partition coefficient (Wildman–Crippen LogP) is 0.0942. The molecule has 1 aromatic rings. The number of carbonyl (C=O) groups is 5. The molecule has 3 aliphatic rings. The molecule has 0 spiro atoms. The quantitative estimate of drug-likeness (QED) is 0.454. The Morgan fingerprint density at radius 1 is 1.22 bits per heavy atom. The second kappa shape index (κ2) is 8.01. The van der Waals surface area contributed by atoms with E-state index in [9.17, 15) is 29.1 Å². The van der Waals surface area contributed by atoms with Crippen molar-refractivity contribution in [1.29, 1.82) is 0 Å². The van der Waals surface area contributed by atoms with E-state index < -0.39 is 58.1 Å². The van der Waals surface area contributed by atoms with Crippen LogP contribution in [0.2, 0.25) is 0 Å². The van der Waals surface area contributed by atoms with Crippen LogP contribution in [0.4, 0.5) is 9.59 Å². The number of nitrogens with one attached hydrogen (secondary N) is 3. The van der Waals surface area contributed by atoms with Crippen molar-refractivity contribution >= 4 is 41.6 Å². The lowest BCUT2D eigenvalue weighted by atomic mass is 9.95. The predicted molar refractivity (Wildman–Crippen MR) is 113 cm³/mol. The van der Waals surface area contributed by atoms with E-state index in [1.165, 1.54) is 16.7 Å². The van der Waals surface area contributed by atoms with Gasteiger partial charge < -0.3 is 26.0 Å². The molecule has 3 fully saturated rings. The second-order valence-electron chi connectivity index (χ2n) is 8.26. The van der Waals surface area contributed by atoms with Crippen molar-refractivity contribution in [1.82, 2.24) is 25.8 Å². The Morgan fingerprint density at radius 3 is 2.50 bits per heavy atom. The van der Waals surface area contributed by atoms with Gasteiger partial charge in [-0.1, -0.05) is 30.3 Å². The number of carboxylic acids is 1. The Morgan fingerprint density at radius 2 is 1.91 bits per heavy atom. The molecule has 3 aliphatic heterocycles. The lowest BCUT2D eigenvalue weighted by Gasteiger charge is -2.44. The Bertz CT molecular complexity index is 986. The molecule has 3 saturated heterocycles. The zero-order valence-electron chi connectivity index (χ0n) is 17.4. The number of carboxylic acid groups (broad SMARTS) is 1. The molecular weight excluding hydrogens is 438 g/mol. The molecule has 4 rings (SSSR count). The van der Waals surface area contributed by atoms with Gasteiger partial charge in [-0.05, 0) is 19.4 Å². The van der Waals surface area contributed by atoms with E-state index in [0.29, 0.717) is 12.1 Å². The first-order chi connectivity index (χ1) is 15.1. The van der Waals surface area contributed by atoms with Crippen molar-refractivity contribution in [2.24, 2.45) is 0 Å². The third-order valence-corrected chi connectivity index (χ3v) is 7.31. The van der Waals surface area contributed by atoms with E-state index in [4.69, 9.17) is 0 Å². The summed E-state index contributed by atoms with van der Waals surface area (Å²) in [5, 5.41) is 16.8. The van der Waals surface area contributed by atoms with Crippen molar-refractivity contribution in [2.45, 2.75) is 42.1 Å². The van der Waals surface area contributed by atoms with E-state index in [2.05, 4.69) is 16.0 Å². The van der Waals surface area contributed by atoms with Gasteiger partial charge in [-0.3, -0.25) is 9.59 Å². The van der Waals surface area contributed by atoms with E-state index in [1.807, 2.05) is 0 Å². The highest BCUT2D eigenvalue weighted by atomic mass is 32.2. The Kier molecular flexibility index (Phi) is 5.49. The molecule has 170 valence electrons. The number of hydrogen-bond acceptors (Lipinski definition) is 6. The summed E-state index contributed by atoms with van der Waals surface area (Å²) in [5.74, 6) is -2.20.